The number of aromatic nitrogens is 5. The van der Waals surface area contributed by atoms with Gasteiger partial charge in [-0.15, -0.1) is 0 Å². The highest BCUT2D eigenvalue weighted by atomic mass is 35.5. The fourth-order valence-corrected chi connectivity index (χ4v) is 5.76. The molecule has 5 aromatic rings. The average molecular weight is 553 g/mol. The molecule has 0 aliphatic heterocycles. The number of hydrogen-bond donors (Lipinski definition) is 2. The first kappa shape index (κ1) is 24.7. The van der Waals surface area contributed by atoms with E-state index in [1.165, 1.54) is 18.5 Å². The van der Waals surface area contributed by atoms with E-state index in [1.54, 1.807) is 30.5 Å². The summed E-state index contributed by atoms with van der Waals surface area (Å²) in [6, 6.07) is 7.10. The molecule has 194 valence electrons. The van der Waals surface area contributed by atoms with Gasteiger partial charge in [0, 0.05) is 0 Å². The molecular weight excluding hydrogens is 531 g/mol. The molecule has 4 heterocycles. The van der Waals surface area contributed by atoms with Crippen molar-refractivity contribution >= 4 is 39.9 Å². The predicted octanol–water partition coefficient (Wildman–Crippen LogP) is 5.20. The Morgan fingerprint density at radius 2 is 2.08 bits per heavy atom. The zero-order chi connectivity index (χ0) is 26.4. The third-order valence-corrected chi connectivity index (χ3v) is 7.78. The van der Waals surface area contributed by atoms with Gasteiger partial charge in [-0.2, -0.15) is 0 Å². The Hall–Kier alpha value is -3.67. The summed E-state index contributed by atoms with van der Waals surface area (Å²) >= 11 is 7.01. The molecule has 38 heavy (non-hydrogen) atoms. The fraction of sp³-hybridized carbons (Fsp3) is 0.269. The molecular formula is C26H22ClFN6O3S. The van der Waals surface area contributed by atoms with E-state index >= 15 is 4.39 Å². The Labute approximate surface area is 225 Å². The van der Waals surface area contributed by atoms with E-state index in [2.05, 4.69) is 20.3 Å². The van der Waals surface area contributed by atoms with Crippen molar-refractivity contribution in [3.63, 3.8) is 0 Å². The lowest BCUT2D eigenvalue weighted by Gasteiger charge is -2.36. The number of imidazole rings is 1. The van der Waals surface area contributed by atoms with E-state index in [1.807, 2.05) is 11.5 Å². The second kappa shape index (κ2) is 9.90. The second-order valence-electron chi connectivity index (χ2n) is 9.18. The number of thiazole rings is 1. The van der Waals surface area contributed by atoms with Crippen LogP contribution < -0.4 is 5.32 Å². The number of amides is 1. The summed E-state index contributed by atoms with van der Waals surface area (Å²) < 4.78 is 22.8. The topological polar surface area (TPSA) is 119 Å². The van der Waals surface area contributed by atoms with Gasteiger partial charge in [0.25, 0.3) is 5.91 Å². The smallest absolute Gasteiger partial charge is 0.280 e. The van der Waals surface area contributed by atoms with Crippen molar-refractivity contribution in [3.05, 3.63) is 69.8 Å². The average Bonchev–Trinajstić information content (AvgIpc) is 3.63. The molecule has 1 unspecified atom stereocenters. The molecule has 0 bridgehead atoms. The van der Waals surface area contributed by atoms with Crippen LogP contribution in [-0.2, 0) is 0 Å². The van der Waals surface area contributed by atoms with Gasteiger partial charge in [-0.25, -0.2) is 24.3 Å². The highest BCUT2D eigenvalue weighted by molar-refractivity contribution is 7.17. The first-order valence-electron chi connectivity index (χ1n) is 12.0. The number of carbonyl (C=O) groups excluding carboxylic acids is 1. The molecule has 0 spiro atoms. The van der Waals surface area contributed by atoms with Crippen LogP contribution in [0.3, 0.4) is 0 Å². The Kier molecular flexibility index (Phi) is 6.42. The second-order valence-corrected chi connectivity index (χ2v) is 10.8. The van der Waals surface area contributed by atoms with E-state index in [0.29, 0.717) is 56.9 Å². The van der Waals surface area contributed by atoms with Gasteiger partial charge >= 0.3 is 0 Å². The number of hydrogen-bond acceptors (Lipinski definition) is 8. The number of aliphatic hydroxyl groups excluding tert-OH is 1. The Balaban J connectivity index is 1.44. The summed E-state index contributed by atoms with van der Waals surface area (Å²) in [6.07, 6.45) is 5.46. The lowest BCUT2D eigenvalue weighted by Crippen LogP contribution is -2.49. The van der Waals surface area contributed by atoms with Crippen LogP contribution in [0.15, 0.2) is 53.4 Å². The summed E-state index contributed by atoms with van der Waals surface area (Å²) in [7, 11) is 0. The van der Waals surface area contributed by atoms with Crippen LogP contribution in [0, 0.1) is 12.7 Å². The molecule has 1 aromatic carbocycles. The SMILES string of the molecule is Cc1coc(-c2cc3c(cn2)nc(-c2ccccc2F)n3[C@@H]2CCCC(NC(=O)c3ncc(Cl)s3)[C@H]2O)n1. The number of nitrogens with zero attached hydrogens (tertiary/aromatic N) is 5. The van der Waals surface area contributed by atoms with Gasteiger partial charge in [0.2, 0.25) is 5.89 Å². The molecule has 3 atom stereocenters. The quantitative estimate of drug-likeness (QED) is 0.308. The number of oxazole rings is 1. The normalized spacial score (nSPS) is 19.6. The molecule has 12 heteroatoms. The van der Waals surface area contributed by atoms with Gasteiger partial charge in [0.05, 0.1) is 47.4 Å². The van der Waals surface area contributed by atoms with Crippen LogP contribution in [0.1, 0.15) is 40.8 Å². The lowest BCUT2D eigenvalue weighted by atomic mass is 9.87. The number of halogens is 2. The van der Waals surface area contributed by atoms with Gasteiger partial charge < -0.3 is 19.4 Å². The number of nitrogens with one attached hydrogen (secondary N) is 1. The molecule has 1 saturated carbocycles. The van der Waals surface area contributed by atoms with Gasteiger partial charge in [0.1, 0.15) is 33.5 Å². The maximum absolute atomic E-state index is 15.0. The monoisotopic (exact) mass is 552 g/mol. The third-order valence-electron chi connectivity index (χ3n) is 6.67. The van der Waals surface area contributed by atoms with Gasteiger partial charge in [-0.1, -0.05) is 35.1 Å². The molecule has 4 aromatic heterocycles. The Bertz CT molecular complexity index is 1650. The zero-order valence-corrected chi connectivity index (χ0v) is 21.7. The lowest BCUT2D eigenvalue weighted by molar-refractivity contribution is 0.0417. The maximum Gasteiger partial charge on any atom is 0.280 e. The molecule has 1 fully saturated rings. The number of carbonyl (C=O) groups is 1. The molecule has 2 N–H and O–H groups in total. The summed E-state index contributed by atoms with van der Waals surface area (Å²) in [6.45, 7) is 1.82. The first-order chi connectivity index (χ1) is 18.4. The van der Waals surface area contributed by atoms with E-state index in [-0.39, 0.29) is 5.01 Å². The van der Waals surface area contributed by atoms with Crippen molar-refractivity contribution in [1.82, 2.24) is 29.8 Å². The van der Waals surface area contributed by atoms with E-state index < -0.39 is 29.9 Å². The molecule has 0 saturated heterocycles. The van der Waals surface area contributed by atoms with Crippen molar-refractivity contribution in [2.45, 2.75) is 44.4 Å². The minimum absolute atomic E-state index is 0.224. The molecule has 0 radical (unpaired) electrons. The number of aliphatic hydroxyl groups is 1. The van der Waals surface area contributed by atoms with Crippen LogP contribution in [0.2, 0.25) is 4.34 Å². The summed E-state index contributed by atoms with van der Waals surface area (Å²) in [5.74, 6) is -0.122. The van der Waals surface area contributed by atoms with Crippen LogP contribution in [0.4, 0.5) is 4.39 Å². The van der Waals surface area contributed by atoms with Crippen LogP contribution in [0.25, 0.3) is 34.0 Å². The van der Waals surface area contributed by atoms with Crippen molar-refractivity contribution in [1.29, 1.82) is 0 Å². The number of pyridine rings is 1. The largest absolute Gasteiger partial charge is 0.443 e. The maximum atomic E-state index is 15.0. The highest BCUT2D eigenvalue weighted by Crippen LogP contribution is 2.38. The van der Waals surface area contributed by atoms with Crippen molar-refractivity contribution in [3.8, 4) is 23.0 Å². The van der Waals surface area contributed by atoms with Gasteiger partial charge in [0.15, 0.2) is 5.01 Å². The summed E-state index contributed by atoms with van der Waals surface area (Å²) in [5.41, 5.74) is 2.68. The van der Waals surface area contributed by atoms with Gasteiger partial charge in [-0.3, -0.25) is 4.79 Å². The van der Waals surface area contributed by atoms with Crippen molar-refractivity contribution in [2.75, 3.05) is 0 Å². The van der Waals surface area contributed by atoms with Crippen LogP contribution >= 0.6 is 22.9 Å². The molecule has 1 aliphatic carbocycles. The van der Waals surface area contributed by atoms with Crippen LogP contribution in [0.5, 0.6) is 0 Å². The molecule has 1 aliphatic rings. The number of benzene rings is 1. The van der Waals surface area contributed by atoms with E-state index in [9.17, 15) is 9.90 Å². The summed E-state index contributed by atoms with van der Waals surface area (Å²) in [5, 5.41) is 14.7. The molecule has 9 nitrogen and oxygen atoms in total. The zero-order valence-electron chi connectivity index (χ0n) is 20.1. The van der Waals surface area contributed by atoms with Crippen LogP contribution in [-0.4, -0.2) is 47.7 Å². The minimum atomic E-state index is -0.980. The highest BCUT2D eigenvalue weighted by Gasteiger charge is 2.37. The number of fused-ring (bicyclic) bond motifs is 1. The van der Waals surface area contributed by atoms with Crippen molar-refractivity contribution in [2.24, 2.45) is 0 Å². The fourth-order valence-electron chi connectivity index (χ4n) is 4.94. The standard InChI is InChI=1S/C26H22ClFN6O3S/c1-13-12-37-25(31-13)17-9-20-18(10-29-17)32-23(14-5-2-3-6-15(14)28)34(20)19-8-4-7-16(22(19)35)33-24(36)26-30-11-21(27)38-26/h2-3,5-6,9-12,16,19,22,35H,4,7-8H2,1H3,(H,33,36)/t16?,19-,22-/m1/s1. The Morgan fingerprint density at radius 3 is 2.82 bits per heavy atom. The third kappa shape index (κ3) is 4.46. The van der Waals surface area contributed by atoms with E-state index in [4.69, 9.17) is 21.0 Å². The van der Waals surface area contributed by atoms with E-state index in [0.717, 1.165) is 17.8 Å². The first-order valence-corrected chi connectivity index (χ1v) is 13.2. The van der Waals surface area contributed by atoms with Crippen molar-refractivity contribution < 1.29 is 18.7 Å². The predicted molar refractivity (Wildman–Crippen MR) is 140 cm³/mol. The Morgan fingerprint density at radius 1 is 1.24 bits per heavy atom. The summed E-state index contributed by atoms with van der Waals surface area (Å²) in [4.78, 5) is 30.4. The molecule has 6 rings (SSSR count). The number of aryl methyl sites for hydroxylation is 1. The van der Waals surface area contributed by atoms with Gasteiger partial charge in [-0.05, 0) is 44.4 Å². The molecule has 1 amide bonds. The minimum Gasteiger partial charge on any atom is -0.443 e. The number of rotatable bonds is 5.